The number of nitrogens with zero attached hydrogens (tertiary/aromatic N) is 3. The van der Waals surface area contributed by atoms with Crippen LogP contribution in [0.4, 0.5) is 17.8 Å². The zero-order valence-corrected chi connectivity index (χ0v) is 12.2. The maximum atomic E-state index is 5.60. The number of unbranched alkanes of at least 4 members (excludes halogenated alkanes) is 2. The number of hydrogen-bond donors (Lipinski definition) is 3. The summed E-state index contributed by atoms with van der Waals surface area (Å²) >= 11 is 0. The third-order valence-corrected chi connectivity index (χ3v) is 3.66. The molecule has 0 atom stereocenters. The summed E-state index contributed by atoms with van der Waals surface area (Å²) in [6.45, 7) is 6.56. The van der Waals surface area contributed by atoms with Crippen molar-refractivity contribution in [1.29, 1.82) is 0 Å². The highest BCUT2D eigenvalue weighted by Crippen LogP contribution is 2.27. The van der Waals surface area contributed by atoms with Crippen LogP contribution in [0.25, 0.3) is 0 Å². The Hall–Kier alpha value is -1.59. The normalized spacial score (nSPS) is 11.5. The average molecular weight is 266 g/mol. The molecule has 0 aliphatic carbocycles. The number of anilines is 3. The van der Waals surface area contributed by atoms with Gasteiger partial charge in [-0.2, -0.15) is 15.0 Å². The molecule has 0 saturated carbocycles. The summed E-state index contributed by atoms with van der Waals surface area (Å²) in [7, 11) is 0. The van der Waals surface area contributed by atoms with Gasteiger partial charge in [-0.25, -0.2) is 0 Å². The van der Waals surface area contributed by atoms with Crippen molar-refractivity contribution in [3.8, 4) is 0 Å². The molecule has 0 fully saturated rings. The Kier molecular flexibility index (Phi) is 5.79. The number of aromatic nitrogens is 3. The SMILES string of the molecule is CCCCCC(CC)(CC)Nc1nc(N)nc(N)n1. The van der Waals surface area contributed by atoms with Crippen molar-refractivity contribution in [3.63, 3.8) is 0 Å². The minimum atomic E-state index is 0.00933. The lowest BCUT2D eigenvalue weighted by Gasteiger charge is -2.33. The third-order valence-electron chi connectivity index (χ3n) is 3.66. The largest absolute Gasteiger partial charge is 0.368 e. The van der Waals surface area contributed by atoms with Crippen LogP contribution in [-0.4, -0.2) is 20.5 Å². The zero-order valence-electron chi connectivity index (χ0n) is 12.2. The van der Waals surface area contributed by atoms with E-state index in [0.29, 0.717) is 5.95 Å². The summed E-state index contributed by atoms with van der Waals surface area (Å²) in [5, 5.41) is 3.41. The molecule has 5 N–H and O–H groups in total. The smallest absolute Gasteiger partial charge is 0.229 e. The van der Waals surface area contributed by atoms with Crippen molar-refractivity contribution in [2.24, 2.45) is 0 Å². The first kappa shape index (κ1) is 15.5. The average Bonchev–Trinajstić information content (AvgIpc) is 2.36. The minimum Gasteiger partial charge on any atom is -0.368 e. The second-order valence-electron chi connectivity index (χ2n) is 4.94. The molecule has 0 amide bonds. The first-order valence-corrected chi connectivity index (χ1v) is 7.10. The van der Waals surface area contributed by atoms with E-state index in [1.165, 1.54) is 19.3 Å². The van der Waals surface area contributed by atoms with Gasteiger partial charge in [0, 0.05) is 5.54 Å². The molecule has 1 aromatic heterocycles. The van der Waals surface area contributed by atoms with Gasteiger partial charge in [-0.3, -0.25) is 0 Å². The molecule has 6 heteroatoms. The van der Waals surface area contributed by atoms with Gasteiger partial charge < -0.3 is 16.8 Å². The lowest BCUT2D eigenvalue weighted by molar-refractivity contribution is 0.383. The molecule has 1 heterocycles. The predicted molar refractivity (Wildman–Crippen MR) is 79.7 cm³/mol. The molecule has 19 heavy (non-hydrogen) atoms. The van der Waals surface area contributed by atoms with Crippen LogP contribution in [0.5, 0.6) is 0 Å². The summed E-state index contributed by atoms with van der Waals surface area (Å²) < 4.78 is 0. The molecule has 0 bridgehead atoms. The molecular formula is C13H26N6. The summed E-state index contributed by atoms with van der Waals surface area (Å²) in [4.78, 5) is 12.0. The van der Waals surface area contributed by atoms with Crippen LogP contribution in [0.3, 0.4) is 0 Å². The van der Waals surface area contributed by atoms with Gasteiger partial charge in [-0.1, -0.05) is 40.0 Å². The molecule has 0 spiro atoms. The quantitative estimate of drug-likeness (QED) is 0.625. The van der Waals surface area contributed by atoms with E-state index in [4.69, 9.17) is 11.5 Å². The highest BCUT2D eigenvalue weighted by Gasteiger charge is 2.26. The molecule has 6 nitrogen and oxygen atoms in total. The van der Waals surface area contributed by atoms with Crippen molar-refractivity contribution < 1.29 is 0 Å². The third kappa shape index (κ3) is 4.54. The van der Waals surface area contributed by atoms with Crippen molar-refractivity contribution in [1.82, 2.24) is 15.0 Å². The van der Waals surface area contributed by atoms with Crippen molar-refractivity contribution >= 4 is 17.8 Å². The van der Waals surface area contributed by atoms with E-state index in [-0.39, 0.29) is 17.4 Å². The summed E-state index contributed by atoms with van der Waals surface area (Å²) in [5.41, 5.74) is 11.2. The van der Waals surface area contributed by atoms with Crippen molar-refractivity contribution in [2.75, 3.05) is 16.8 Å². The van der Waals surface area contributed by atoms with Gasteiger partial charge in [0.25, 0.3) is 0 Å². The van der Waals surface area contributed by atoms with Gasteiger partial charge in [0.2, 0.25) is 17.8 Å². The Labute approximate surface area is 115 Å². The highest BCUT2D eigenvalue weighted by molar-refractivity contribution is 5.39. The molecule has 0 unspecified atom stereocenters. The fraction of sp³-hybridized carbons (Fsp3) is 0.769. The van der Waals surface area contributed by atoms with Crippen LogP contribution >= 0.6 is 0 Å². The first-order valence-electron chi connectivity index (χ1n) is 7.10. The molecule has 0 radical (unpaired) electrons. The Morgan fingerprint density at radius 3 is 2.00 bits per heavy atom. The molecule has 0 aromatic carbocycles. The molecule has 0 aliphatic heterocycles. The van der Waals surface area contributed by atoms with Gasteiger partial charge in [-0.15, -0.1) is 0 Å². The van der Waals surface area contributed by atoms with E-state index >= 15 is 0 Å². The summed E-state index contributed by atoms with van der Waals surface area (Å²) in [6.07, 6.45) is 6.78. The highest BCUT2D eigenvalue weighted by atomic mass is 15.2. The molecule has 1 aromatic rings. The Balaban J connectivity index is 2.81. The number of nitrogens with two attached hydrogens (primary N) is 2. The number of nitrogen functional groups attached to an aromatic ring is 2. The Morgan fingerprint density at radius 1 is 0.947 bits per heavy atom. The lowest BCUT2D eigenvalue weighted by Crippen LogP contribution is -2.37. The molecule has 0 aliphatic rings. The zero-order chi connectivity index (χ0) is 14.3. The fourth-order valence-electron chi connectivity index (χ4n) is 2.26. The van der Waals surface area contributed by atoms with Gasteiger partial charge >= 0.3 is 0 Å². The van der Waals surface area contributed by atoms with E-state index < -0.39 is 0 Å². The predicted octanol–water partition coefficient (Wildman–Crippen LogP) is 2.59. The number of nitrogens with one attached hydrogen (secondary N) is 1. The van der Waals surface area contributed by atoms with Crippen LogP contribution in [0, 0.1) is 0 Å². The standard InChI is InChI=1S/C13H26N6/c1-4-7-8-9-13(5-2,6-3)19-12-17-10(14)16-11(15)18-12/h4-9H2,1-3H3,(H5,14,15,16,17,18,19). The van der Waals surface area contributed by atoms with Crippen LogP contribution in [-0.2, 0) is 0 Å². The van der Waals surface area contributed by atoms with Gasteiger partial charge in [0.15, 0.2) is 0 Å². The van der Waals surface area contributed by atoms with Crippen LogP contribution in [0.1, 0.15) is 59.3 Å². The van der Waals surface area contributed by atoms with E-state index in [1.807, 2.05) is 0 Å². The first-order chi connectivity index (χ1) is 9.05. The lowest BCUT2D eigenvalue weighted by atomic mass is 9.87. The van der Waals surface area contributed by atoms with Crippen LogP contribution in [0.2, 0.25) is 0 Å². The van der Waals surface area contributed by atoms with E-state index in [9.17, 15) is 0 Å². The fourth-order valence-corrected chi connectivity index (χ4v) is 2.26. The topological polar surface area (TPSA) is 103 Å². The van der Waals surface area contributed by atoms with Gasteiger partial charge in [0.05, 0.1) is 0 Å². The number of rotatable bonds is 8. The summed E-state index contributed by atoms with van der Waals surface area (Å²) in [6, 6.07) is 0. The van der Waals surface area contributed by atoms with Crippen LogP contribution in [0.15, 0.2) is 0 Å². The number of hydrogen-bond acceptors (Lipinski definition) is 6. The maximum Gasteiger partial charge on any atom is 0.229 e. The minimum absolute atomic E-state index is 0.00933. The maximum absolute atomic E-state index is 5.60. The van der Waals surface area contributed by atoms with Crippen LogP contribution < -0.4 is 16.8 Å². The van der Waals surface area contributed by atoms with Gasteiger partial charge in [0.1, 0.15) is 0 Å². The molecule has 0 saturated heterocycles. The van der Waals surface area contributed by atoms with Crippen molar-refractivity contribution in [3.05, 3.63) is 0 Å². The Morgan fingerprint density at radius 2 is 1.53 bits per heavy atom. The van der Waals surface area contributed by atoms with E-state index in [1.54, 1.807) is 0 Å². The Bertz CT molecular complexity index is 368. The molecular weight excluding hydrogens is 240 g/mol. The molecule has 1 rings (SSSR count). The summed E-state index contributed by atoms with van der Waals surface area (Å²) in [5.74, 6) is 0.791. The second-order valence-corrected chi connectivity index (χ2v) is 4.94. The van der Waals surface area contributed by atoms with E-state index in [0.717, 1.165) is 19.3 Å². The van der Waals surface area contributed by atoms with Crippen molar-refractivity contribution in [2.45, 2.75) is 64.8 Å². The van der Waals surface area contributed by atoms with E-state index in [2.05, 4.69) is 41.0 Å². The monoisotopic (exact) mass is 266 g/mol. The second kappa shape index (κ2) is 7.11. The molecule has 108 valence electrons. The van der Waals surface area contributed by atoms with Gasteiger partial charge in [-0.05, 0) is 19.3 Å².